The van der Waals surface area contributed by atoms with E-state index in [-0.39, 0.29) is 24.0 Å². The molecule has 1 N–H and O–H groups in total. The molecular weight excluding hydrogens is 440 g/mol. The molecule has 0 bridgehead atoms. The zero-order chi connectivity index (χ0) is 23.8. The average Bonchev–Trinajstić information content (AvgIpc) is 3.12. The highest BCUT2D eigenvalue weighted by molar-refractivity contribution is 5.74. The van der Waals surface area contributed by atoms with E-state index in [1.54, 1.807) is 0 Å². The highest BCUT2D eigenvalue weighted by Crippen LogP contribution is 2.61. The Bertz CT molecular complexity index is 1470. The molecule has 6 atom stereocenters. The van der Waals surface area contributed by atoms with Gasteiger partial charge in [0, 0.05) is 35.6 Å². The molecule has 0 radical (unpaired) electrons. The lowest BCUT2D eigenvalue weighted by atomic mass is 9.99. The van der Waals surface area contributed by atoms with Gasteiger partial charge in [0.05, 0.1) is 23.4 Å². The highest BCUT2D eigenvalue weighted by Gasteiger charge is 2.60. The van der Waals surface area contributed by atoms with Crippen LogP contribution < -0.4 is 0 Å². The number of aromatic nitrogens is 4. The number of pyridine rings is 1. The third-order valence-electron chi connectivity index (χ3n) is 8.24. The van der Waals surface area contributed by atoms with Crippen LogP contribution in [0.3, 0.4) is 0 Å². The largest absolute Gasteiger partial charge is 0.481 e. The van der Waals surface area contributed by atoms with Gasteiger partial charge >= 0.3 is 5.97 Å². The van der Waals surface area contributed by atoms with Crippen LogP contribution in [-0.2, 0) is 9.53 Å². The van der Waals surface area contributed by atoms with Crippen molar-refractivity contribution in [1.29, 1.82) is 0 Å². The summed E-state index contributed by atoms with van der Waals surface area (Å²) in [6, 6.07) is 12.5. The summed E-state index contributed by atoms with van der Waals surface area (Å²) in [7, 11) is 0. The topological polar surface area (TPSA) is 89.6 Å². The molecule has 4 aromatic rings. The molecular formula is C28H26N4O3. The van der Waals surface area contributed by atoms with E-state index in [4.69, 9.17) is 9.72 Å². The SMILES string of the molecule is Cc1nc2ccc(-c3cnc(C4C[C@@H]5C(C(=O)O)[C@@H]5C4)nc3)cn2c1[C@H]1O[C@@H](C)c2ccccc21. The Kier molecular flexibility index (Phi) is 4.42. The Labute approximate surface area is 202 Å². The standard InChI is InChI=1S/C28H26N4O3/c1-14-25(26-20-6-4-3-5-19(20)15(2)35-26)32-13-16(7-8-23(32)31-14)18-11-29-27(30-12-18)17-9-21-22(10-17)24(21)28(33)34/h3-8,11-13,15,17,21-22,24,26H,9-10H2,1-2H3,(H,33,34)/t15-,17?,21-,22+,24?,26-/m0/s1. The minimum Gasteiger partial charge on any atom is -0.481 e. The molecule has 7 rings (SSSR count). The van der Waals surface area contributed by atoms with Crippen molar-refractivity contribution in [3.05, 3.63) is 83.3 Å². The molecule has 176 valence electrons. The second-order valence-electron chi connectivity index (χ2n) is 10.2. The summed E-state index contributed by atoms with van der Waals surface area (Å²) in [4.78, 5) is 25.4. The zero-order valence-corrected chi connectivity index (χ0v) is 19.6. The predicted octanol–water partition coefficient (Wildman–Crippen LogP) is 5.10. The van der Waals surface area contributed by atoms with Crippen molar-refractivity contribution in [3.8, 4) is 11.1 Å². The lowest BCUT2D eigenvalue weighted by molar-refractivity contribution is -0.139. The van der Waals surface area contributed by atoms with E-state index in [0.29, 0.717) is 11.8 Å². The molecule has 35 heavy (non-hydrogen) atoms. The fourth-order valence-corrected chi connectivity index (χ4v) is 6.47. The first-order valence-electron chi connectivity index (χ1n) is 12.3. The Hall–Kier alpha value is -3.58. The number of benzene rings is 1. The number of ether oxygens (including phenoxy) is 1. The van der Waals surface area contributed by atoms with Crippen molar-refractivity contribution in [1.82, 2.24) is 19.4 Å². The maximum Gasteiger partial charge on any atom is 0.307 e. The second kappa shape index (κ2) is 7.46. The van der Waals surface area contributed by atoms with E-state index < -0.39 is 5.97 Å². The van der Waals surface area contributed by atoms with Crippen LogP contribution in [-0.4, -0.2) is 30.4 Å². The molecule has 0 spiro atoms. The van der Waals surface area contributed by atoms with Gasteiger partial charge in [0.25, 0.3) is 0 Å². The number of hydrogen-bond donors (Lipinski definition) is 1. The molecule has 3 aliphatic rings. The number of aryl methyl sites for hydroxylation is 1. The average molecular weight is 467 g/mol. The molecule has 2 fully saturated rings. The molecule has 1 aliphatic heterocycles. The molecule has 2 unspecified atom stereocenters. The van der Waals surface area contributed by atoms with E-state index in [0.717, 1.165) is 46.8 Å². The number of nitrogens with zero attached hydrogens (tertiary/aromatic N) is 4. The molecule has 7 nitrogen and oxygen atoms in total. The number of rotatable bonds is 4. The van der Waals surface area contributed by atoms with Gasteiger partial charge in [-0.3, -0.25) is 4.79 Å². The minimum absolute atomic E-state index is 0.0395. The summed E-state index contributed by atoms with van der Waals surface area (Å²) in [6.07, 6.45) is 7.51. The fourth-order valence-electron chi connectivity index (χ4n) is 6.47. The van der Waals surface area contributed by atoms with Crippen LogP contribution in [0.15, 0.2) is 55.0 Å². The van der Waals surface area contributed by atoms with E-state index in [9.17, 15) is 9.90 Å². The van der Waals surface area contributed by atoms with Crippen LogP contribution in [0.25, 0.3) is 16.8 Å². The van der Waals surface area contributed by atoms with Crippen LogP contribution in [0.4, 0.5) is 0 Å². The molecule has 0 amide bonds. The van der Waals surface area contributed by atoms with E-state index in [2.05, 4.69) is 57.8 Å². The lowest BCUT2D eigenvalue weighted by Gasteiger charge is -2.14. The molecule has 7 heteroatoms. The monoisotopic (exact) mass is 466 g/mol. The Morgan fingerprint density at radius 3 is 2.46 bits per heavy atom. The summed E-state index contributed by atoms with van der Waals surface area (Å²) in [6.45, 7) is 4.13. The van der Waals surface area contributed by atoms with Crippen molar-refractivity contribution in [3.63, 3.8) is 0 Å². The number of fused-ring (bicyclic) bond motifs is 3. The third-order valence-corrected chi connectivity index (χ3v) is 8.24. The van der Waals surface area contributed by atoms with Gasteiger partial charge in [0.15, 0.2) is 0 Å². The Morgan fingerprint density at radius 1 is 1.03 bits per heavy atom. The van der Waals surface area contributed by atoms with Gasteiger partial charge in [-0.15, -0.1) is 0 Å². The van der Waals surface area contributed by atoms with Gasteiger partial charge in [-0.05, 0) is 61.8 Å². The summed E-state index contributed by atoms with van der Waals surface area (Å²) in [5.74, 6) is 0.898. The molecule has 2 saturated carbocycles. The van der Waals surface area contributed by atoms with Crippen molar-refractivity contribution < 1.29 is 14.6 Å². The van der Waals surface area contributed by atoms with Crippen LogP contribution >= 0.6 is 0 Å². The van der Waals surface area contributed by atoms with Crippen LogP contribution in [0.2, 0.25) is 0 Å². The van der Waals surface area contributed by atoms with E-state index in [1.165, 1.54) is 11.1 Å². The van der Waals surface area contributed by atoms with Crippen LogP contribution in [0.1, 0.15) is 66.2 Å². The molecule has 1 aromatic carbocycles. The summed E-state index contributed by atoms with van der Waals surface area (Å²) in [5.41, 5.74) is 7.28. The summed E-state index contributed by atoms with van der Waals surface area (Å²) in [5, 5.41) is 9.26. The summed E-state index contributed by atoms with van der Waals surface area (Å²) < 4.78 is 8.53. The van der Waals surface area contributed by atoms with Crippen molar-refractivity contribution in [2.75, 3.05) is 0 Å². The van der Waals surface area contributed by atoms with Gasteiger partial charge in [-0.2, -0.15) is 0 Å². The van der Waals surface area contributed by atoms with Gasteiger partial charge in [-0.1, -0.05) is 24.3 Å². The predicted molar refractivity (Wildman–Crippen MR) is 129 cm³/mol. The van der Waals surface area contributed by atoms with Crippen molar-refractivity contribution >= 4 is 11.6 Å². The van der Waals surface area contributed by atoms with Gasteiger partial charge < -0.3 is 14.2 Å². The van der Waals surface area contributed by atoms with Crippen molar-refractivity contribution in [2.24, 2.45) is 17.8 Å². The zero-order valence-electron chi connectivity index (χ0n) is 19.6. The van der Waals surface area contributed by atoms with Crippen LogP contribution in [0, 0.1) is 24.7 Å². The smallest absolute Gasteiger partial charge is 0.307 e. The maximum atomic E-state index is 11.3. The number of hydrogen-bond acceptors (Lipinski definition) is 5. The molecule has 0 saturated heterocycles. The quantitative estimate of drug-likeness (QED) is 0.450. The number of imidazole rings is 1. The first-order valence-corrected chi connectivity index (χ1v) is 12.3. The molecule has 2 aliphatic carbocycles. The second-order valence-corrected chi connectivity index (χ2v) is 10.2. The Morgan fingerprint density at radius 2 is 1.74 bits per heavy atom. The maximum absolute atomic E-state index is 11.3. The van der Waals surface area contributed by atoms with E-state index >= 15 is 0 Å². The molecule has 3 aromatic heterocycles. The molecule has 4 heterocycles. The van der Waals surface area contributed by atoms with Crippen molar-refractivity contribution in [2.45, 2.75) is 44.8 Å². The Balaban J connectivity index is 1.19. The fraction of sp³-hybridized carbons (Fsp3) is 0.357. The first kappa shape index (κ1) is 20.8. The van der Waals surface area contributed by atoms with Gasteiger partial charge in [0.1, 0.15) is 17.6 Å². The number of carbonyl (C=O) groups is 1. The number of carboxylic acid groups (broad SMARTS) is 1. The number of carboxylic acids is 1. The highest BCUT2D eigenvalue weighted by atomic mass is 16.5. The van der Waals surface area contributed by atoms with Gasteiger partial charge in [0.2, 0.25) is 0 Å². The summed E-state index contributed by atoms with van der Waals surface area (Å²) >= 11 is 0. The number of aliphatic carboxylic acids is 1. The van der Waals surface area contributed by atoms with E-state index in [1.807, 2.05) is 25.4 Å². The van der Waals surface area contributed by atoms with Gasteiger partial charge in [-0.25, -0.2) is 15.0 Å². The minimum atomic E-state index is -0.653. The van der Waals surface area contributed by atoms with Crippen LogP contribution in [0.5, 0.6) is 0 Å². The first-order chi connectivity index (χ1) is 17.0. The third kappa shape index (κ3) is 3.14. The normalized spacial score (nSPS) is 28.7. The lowest BCUT2D eigenvalue weighted by Crippen LogP contribution is -2.09.